The van der Waals surface area contributed by atoms with Crippen LogP contribution in [0.2, 0.25) is 0 Å². The molecule has 2 heterocycles. The van der Waals surface area contributed by atoms with Crippen LogP contribution in [0, 0.1) is 6.92 Å². The summed E-state index contributed by atoms with van der Waals surface area (Å²) in [6.07, 6.45) is 2.78. The van der Waals surface area contributed by atoms with E-state index >= 15 is 0 Å². The molecule has 8 heteroatoms. The number of thiazole rings is 1. The maximum atomic E-state index is 5.45. The van der Waals surface area contributed by atoms with E-state index in [1.807, 2.05) is 25.4 Å². The monoisotopic (exact) mass is 488 g/mol. The van der Waals surface area contributed by atoms with E-state index in [0.29, 0.717) is 6.79 Å². The van der Waals surface area contributed by atoms with Crippen molar-refractivity contribution in [1.29, 1.82) is 0 Å². The molecule has 1 aromatic heterocycles. The van der Waals surface area contributed by atoms with Gasteiger partial charge in [0.2, 0.25) is 6.79 Å². The van der Waals surface area contributed by atoms with E-state index in [4.69, 9.17) is 14.5 Å². The van der Waals surface area contributed by atoms with Crippen LogP contribution >= 0.6 is 35.3 Å². The summed E-state index contributed by atoms with van der Waals surface area (Å²) in [5.74, 6) is 2.52. The Balaban J connectivity index is 0.00000243. The number of aryl methyl sites for hydroxylation is 1. The van der Waals surface area contributed by atoms with Gasteiger partial charge in [-0.3, -0.25) is 4.99 Å². The zero-order valence-electron chi connectivity index (χ0n) is 15.3. The maximum absolute atomic E-state index is 5.45. The third-order valence-electron chi connectivity index (χ3n) is 3.81. The standard InChI is InChI=1S/C18H24N4O2S.HI/c1-4-19-18(20-8-7-17-21-10-13(2)25-17)22(3)11-14-5-6-15-16(9-14)24-12-23-15;/h5-6,9-10H,4,7-8,11-12H2,1-3H3,(H,19,20);1H. The Morgan fingerprint density at radius 2 is 2.15 bits per heavy atom. The van der Waals surface area contributed by atoms with Crippen LogP contribution in [0.5, 0.6) is 11.5 Å². The average Bonchev–Trinajstić information content (AvgIpc) is 3.22. The predicted molar refractivity (Wildman–Crippen MR) is 116 cm³/mol. The van der Waals surface area contributed by atoms with Crippen LogP contribution < -0.4 is 14.8 Å². The highest BCUT2D eigenvalue weighted by Gasteiger charge is 2.14. The molecule has 0 saturated heterocycles. The van der Waals surface area contributed by atoms with Gasteiger partial charge in [0.15, 0.2) is 17.5 Å². The zero-order chi connectivity index (χ0) is 17.6. The molecule has 26 heavy (non-hydrogen) atoms. The molecule has 142 valence electrons. The molecule has 1 aliphatic rings. The molecular weight excluding hydrogens is 463 g/mol. The lowest BCUT2D eigenvalue weighted by atomic mass is 10.2. The van der Waals surface area contributed by atoms with E-state index in [1.54, 1.807) is 11.3 Å². The van der Waals surface area contributed by atoms with Crippen LogP contribution in [0.1, 0.15) is 22.4 Å². The quantitative estimate of drug-likeness (QED) is 0.384. The Hall–Kier alpha value is -1.55. The fourth-order valence-electron chi connectivity index (χ4n) is 2.63. The van der Waals surface area contributed by atoms with Gasteiger partial charge < -0.3 is 19.7 Å². The minimum atomic E-state index is 0. The highest BCUT2D eigenvalue weighted by atomic mass is 127. The van der Waals surface area contributed by atoms with Gasteiger partial charge in [0, 0.05) is 44.2 Å². The van der Waals surface area contributed by atoms with Crippen molar-refractivity contribution in [3.63, 3.8) is 0 Å². The van der Waals surface area contributed by atoms with Crippen LogP contribution in [-0.4, -0.2) is 42.8 Å². The van der Waals surface area contributed by atoms with Gasteiger partial charge in [0.05, 0.1) is 5.01 Å². The van der Waals surface area contributed by atoms with Crippen molar-refractivity contribution in [3.8, 4) is 11.5 Å². The molecule has 1 aliphatic heterocycles. The number of hydrogen-bond donors (Lipinski definition) is 1. The molecule has 0 spiro atoms. The molecule has 0 unspecified atom stereocenters. The Kier molecular flexibility index (Phi) is 7.95. The van der Waals surface area contributed by atoms with Crippen LogP contribution in [-0.2, 0) is 13.0 Å². The second-order valence-corrected chi connectivity index (χ2v) is 7.21. The maximum Gasteiger partial charge on any atom is 0.231 e. The summed E-state index contributed by atoms with van der Waals surface area (Å²) in [7, 11) is 2.04. The topological polar surface area (TPSA) is 59.0 Å². The van der Waals surface area contributed by atoms with Gasteiger partial charge in [-0.05, 0) is 31.5 Å². The Labute approximate surface area is 175 Å². The van der Waals surface area contributed by atoms with Gasteiger partial charge in [-0.25, -0.2) is 4.98 Å². The molecule has 0 radical (unpaired) electrons. The molecule has 3 rings (SSSR count). The van der Waals surface area contributed by atoms with E-state index < -0.39 is 0 Å². The lowest BCUT2D eigenvalue weighted by molar-refractivity contribution is 0.174. The van der Waals surface area contributed by atoms with Crippen molar-refractivity contribution < 1.29 is 9.47 Å². The van der Waals surface area contributed by atoms with E-state index in [-0.39, 0.29) is 24.0 Å². The summed E-state index contributed by atoms with van der Waals surface area (Å²) in [5, 5.41) is 4.48. The Morgan fingerprint density at radius 1 is 1.35 bits per heavy atom. The summed E-state index contributed by atoms with van der Waals surface area (Å²) < 4.78 is 10.8. The van der Waals surface area contributed by atoms with Gasteiger partial charge in [-0.2, -0.15) is 0 Å². The summed E-state index contributed by atoms with van der Waals surface area (Å²) >= 11 is 1.73. The summed E-state index contributed by atoms with van der Waals surface area (Å²) in [5.41, 5.74) is 1.16. The van der Waals surface area contributed by atoms with Crippen molar-refractivity contribution in [1.82, 2.24) is 15.2 Å². The molecule has 6 nitrogen and oxygen atoms in total. The molecular formula is C18H25IN4O2S. The number of aromatic nitrogens is 1. The Bertz CT molecular complexity index is 751. The first kappa shape index (κ1) is 20.8. The highest BCUT2D eigenvalue weighted by Crippen LogP contribution is 2.32. The highest BCUT2D eigenvalue weighted by molar-refractivity contribution is 14.0. The smallest absolute Gasteiger partial charge is 0.231 e. The van der Waals surface area contributed by atoms with Crippen LogP contribution in [0.3, 0.4) is 0 Å². The van der Waals surface area contributed by atoms with Gasteiger partial charge in [0.25, 0.3) is 0 Å². The molecule has 1 N–H and O–H groups in total. The number of benzene rings is 1. The molecule has 0 fully saturated rings. The van der Waals surface area contributed by atoms with E-state index in [2.05, 4.69) is 35.1 Å². The number of halogens is 1. The number of nitrogens with one attached hydrogen (secondary N) is 1. The third kappa shape index (κ3) is 5.47. The van der Waals surface area contributed by atoms with Crippen molar-refractivity contribution in [2.24, 2.45) is 4.99 Å². The number of fused-ring (bicyclic) bond motifs is 1. The molecule has 2 aromatic rings. The Morgan fingerprint density at radius 3 is 2.88 bits per heavy atom. The van der Waals surface area contributed by atoms with Crippen molar-refractivity contribution >= 4 is 41.3 Å². The van der Waals surface area contributed by atoms with Gasteiger partial charge in [-0.15, -0.1) is 35.3 Å². The van der Waals surface area contributed by atoms with Crippen LogP contribution in [0.15, 0.2) is 29.4 Å². The first-order valence-electron chi connectivity index (χ1n) is 8.45. The molecule has 0 bridgehead atoms. The molecule has 0 atom stereocenters. The minimum Gasteiger partial charge on any atom is -0.454 e. The fourth-order valence-corrected chi connectivity index (χ4v) is 3.41. The molecule has 0 saturated carbocycles. The lowest BCUT2D eigenvalue weighted by Crippen LogP contribution is -2.38. The minimum absolute atomic E-state index is 0. The van der Waals surface area contributed by atoms with Crippen molar-refractivity contribution in [3.05, 3.63) is 39.8 Å². The van der Waals surface area contributed by atoms with Gasteiger partial charge >= 0.3 is 0 Å². The summed E-state index contributed by atoms with van der Waals surface area (Å²) in [6, 6.07) is 6.05. The van der Waals surface area contributed by atoms with Crippen molar-refractivity contribution in [2.45, 2.75) is 26.8 Å². The fraction of sp³-hybridized carbons (Fsp3) is 0.444. The predicted octanol–water partition coefficient (Wildman–Crippen LogP) is 3.44. The largest absolute Gasteiger partial charge is 0.454 e. The first-order chi connectivity index (χ1) is 12.2. The zero-order valence-corrected chi connectivity index (χ0v) is 18.5. The SMILES string of the molecule is CCNC(=NCCc1ncc(C)s1)N(C)Cc1ccc2c(c1)OCO2.I. The number of rotatable bonds is 6. The number of nitrogens with zero attached hydrogens (tertiary/aromatic N) is 3. The van der Waals surface area contributed by atoms with E-state index in [0.717, 1.165) is 54.1 Å². The number of guanidine groups is 1. The number of ether oxygens (including phenoxy) is 2. The van der Waals surface area contributed by atoms with Crippen LogP contribution in [0.25, 0.3) is 0 Å². The third-order valence-corrected chi connectivity index (χ3v) is 4.78. The van der Waals surface area contributed by atoms with Gasteiger partial charge in [-0.1, -0.05) is 6.07 Å². The van der Waals surface area contributed by atoms with Crippen molar-refractivity contribution in [2.75, 3.05) is 26.9 Å². The van der Waals surface area contributed by atoms with E-state index in [9.17, 15) is 0 Å². The lowest BCUT2D eigenvalue weighted by Gasteiger charge is -2.22. The van der Waals surface area contributed by atoms with Gasteiger partial charge in [0.1, 0.15) is 0 Å². The van der Waals surface area contributed by atoms with Crippen LogP contribution in [0.4, 0.5) is 0 Å². The molecule has 0 amide bonds. The summed E-state index contributed by atoms with van der Waals surface area (Å²) in [6.45, 7) is 6.76. The molecule has 1 aromatic carbocycles. The number of hydrogen-bond acceptors (Lipinski definition) is 5. The number of aliphatic imine (C=N–C) groups is 1. The average molecular weight is 488 g/mol. The normalized spacial score (nSPS) is 12.7. The molecule has 0 aliphatic carbocycles. The van der Waals surface area contributed by atoms with E-state index in [1.165, 1.54) is 4.88 Å². The second kappa shape index (κ2) is 9.96. The summed E-state index contributed by atoms with van der Waals surface area (Å²) in [4.78, 5) is 12.5. The second-order valence-electron chi connectivity index (χ2n) is 5.89. The first-order valence-corrected chi connectivity index (χ1v) is 9.26.